The molecule has 1 unspecified atom stereocenters. The molecule has 3 nitrogen and oxygen atoms in total. The predicted octanol–water partition coefficient (Wildman–Crippen LogP) is 2.02. The van der Waals surface area contributed by atoms with Gasteiger partial charge in [-0.15, -0.1) is 0 Å². The molecule has 0 rings (SSSR count). The molecule has 0 aliphatic heterocycles. The third-order valence-corrected chi connectivity index (χ3v) is 4.66. The summed E-state index contributed by atoms with van der Waals surface area (Å²) in [5.74, 6) is 0. The van der Waals surface area contributed by atoms with Gasteiger partial charge in [-0.05, 0) is 26.8 Å². The molecule has 1 atom stereocenters. The summed E-state index contributed by atoms with van der Waals surface area (Å²) in [6.07, 6.45) is 1.10. The van der Waals surface area contributed by atoms with Gasteiger partial charge in [-0.2, -0.15) is 0 Å². The quantitative estimate of drug-likeness (QED) is 0.645. The fraction of sp³-hybridized carbons (Fsp3) is 1.00. The van der Waals surface area contributed by atoms with Crippen molar-refractivity contribution < 1.29 is 8.85 Å². The first kappa shape index (κ1) is 13.1. The minimum Gasteiger partial charge on any atom is -0.383 e. The van der Waals surface area contributed by atoms with Gasteiger partial charge in [-0.3, -0.25) is 4.98 Å². The first-order valence-corrected chi connectivity index (χ1v) is 7.45. The van der Waals surface area contributed by atoms with E-state index in [1.54, 1.807) is 0 Å². The molecule has 0 aromatic rings. The molecule has 1 N–H and O–H groups in total. The lowest BCUT2D eigenvalue weighted by molar-refractivity contribution is 0.173. The molecule has 0 saturated heterocycles. The minimum absolute atomic E-state index is 0.467. The molecule has 0 aliphatic carbocycles. The normalized spacial score (nSPS) is 14.5. The molecule has 13 heavy (non-hydrogen) atoms. The molecule has 0 aromatic carbocycles. The highest BCUT2D eigenvalue weighted by Crippen LogP contribution is 2.05. The van der Waals surface area contributed by atoms with Gasteiger partial charge in [0, 0.05) is 19.3 Å². The van der Waals surface area contributed by atoms with Crippen molar-refractivity contribution in [2.45, 2.75) is 46.7 Å². The van der Waals surface area contributed by atoms with Crippen molar-refractivity contribution in [2.75, 3.05) is 13.2 Å². The van der Waals surface area contributed by atoms with Gasteiger partial charge < -0.3 is 8.85 Å². The maximum Gasteiger partial charge on any atom is 0.421 e. The Morgan fingerprint density at radius 2 is 1.62 bits per heavy atom. The molecule has 0 radical (unpaired) electrons. The van der Waals surface area contributed by atoms with Gasteiger partial charge in [0.05, 0.1) is 0 Å². The summed E-state index contributed by atoms with van der Waals surface area (Å²) < 4.78 is 11.3. The Kier molecular flexibility index (Phi) is 6.58. The molecule has 0 amide bonds. The zero-order valence-electron chi connectivity index (χ0n) is 9.52. The minimum atomic E-state index is -2.08. The van der Waals surface area contributed by atoms with Crippen LogP contribution in [0.5, 0.6) is 0 Å². The fourth-order valence-electron chi connectivity index (χ4n) is 1.23. The largest absolute Gasteiger partial charge is 0.421 e. The van der Waals surface area contributed by atoms with E-state index in [0.717, 1.165) is 6.42 Å². The van der Waals surface area contributed by atoms with Crippen LogP contribution in [-0.4, -0.2) is 28.0 Å². The molecule has 0 spiro atoms. The highest BCUT2D eigenvalue weighted by atomic mass is 28.4. The van der Waals surface area contributed by atoms with E-state index >= 15 is 0 Å². The Bertz CT molecular complexity index is 127. The first-order chi connectivity index (χ1) is 6.08. The van der Waals surface area contributed by atoms with Crippen LogP contribution >= 0.6 is 0 Å². The highest BCUT2D eigenvalue weighted by molar-refractivity contribution is 6.63. The fourth-order valence-corrected chi connectivity index (χ4v) is 3.68. The van der Waals surface area contributed by atoms with Gasteiger partial charge in [0.25, 0.3) is 0 Å². The summed E-state index contributed by atoms with van der Waals surface area (Å²) in [6.45, 7) is 11.8. The van der Waals surface area contributed by atoms with Crippen LogP contribution < -0.4 is 4.98 Å². The lowest BCUT2D eigenvalue weighted by Gasteiger charge is -2.29. The Hall–Kier alpha value is 0.0969. The van der Waals surface area contributed by atoms with Crippen molar-refractivity contribution in [3.63, 3.8) is 0 Å². The van der Waals surface area contributed by atoms with Gasteiger partial charge in [0.1, 0.15) is 0 Å². The average Bonchev–Trinajstić information content (AvgIpc) is 2.04. The van der Waals surface area contributed by atoms with E-state index in [1.807, 2.05) is 13.8 Å². The molecule has 0 heterocycles. The second kappa shape index (κ2) is 6.54. The smallest absolute Gasteiger partial charge is 0.383 e. The third-order valence-electron chi connectivity index (χ3n) is 1.96. The molecule has 0 fully saturated rings. The van der Waals surface area contributed by atoms with Crippen LogP contribution in [0, 0.1) is 0 Å². The van der Waals surface area contributed by atoms with Crippen molar-refractivity contribution in [1.29, 1.82) is 0 Å². The van der Waals surface area contributed by atoms with Crippen molar-refractivity contribution in [3.05, 3.63) is 0 Å². The van der Waals surface area contributed by atoms with Crippen molar-refractivity contribution in [3.8, 4) is 0 Å². The van der Waals surface area contributed by atoms with E-state index in [4.69, 9.17) is 8.85 Å². The molecule has 0 aliphatic rings. The van der Waals surface area contributed by atoms with E-state index in [0.29, 0.717) is 19.3 Å². The summed E-state index contributed by atoms with van der Waals surface area (Å²) in [6, 6.07) is 0.467. The van der Waals surface area contributed by atoms with Crippen LogP contribution in [-0.2, 0) is 8.85 Å². The van der Waals surface area contributed by atoms with Gasteiger partial charge in [0.2, 0.25) is 0 Å². The molecular formula is C9H23NO2Si. The predicted molar refractivity (Wildman–Crippen MR) is 57.8 cm³/mol. The van der Waals surface area contributed by atoms with E-state index in [1.165, 1.54) is 0 Å². The van der Waals surface area contributed by atoms with Crippen molar-refractivity contribution in [2.24, 2.45) is 0 Å². The van der Waals surface area contributed by atoms with Crippen LogP contribution in [0.1, 0.15) is 34.1 Å². The molecule has 0 saturated carbocycles. The standard InChI is InChI=1S/C9H23NO2Si/c1-6-9(4)10-13(5,11-7-2)12-8-3/h9-10H,6-8H2,1-5H3. The average molecular weight is 205 g/mol. The summed E-state index contributed by atoms with van der Waals surface area (Å²) >= 11 is 0. The first-order valence-electron chi connectivity index (χ1n) is 5.13. The number of nitrogens with one attached hydrogen (secondary N) is 1. The molecular weight excluding hydrogens is 182 g/mol. The molecule has 80 valence electrons. The Balaban J connectivity index is 4.05. The maximum absolute atomic E-state index is 5.65. The summed E-state index contributed by atoms with van der Waals surface area (Å²) in [7, 11) is -2.08. The zero-order chi connectivity index (χ0) is 10.3. The lowest BCUT2D eigenvalue weighted by atomic mass is 10.3. The van der Waals surface area contributed by atoms with Crippen LogP contribution in [0.4, 0.5) is 0 Å². The van der Waals surface area contributed by atoms with E-state index in [2.05, 4.69) is 25.4 Å². The number of hydrogen-bond donors (Lipinski definition) is 1. The van der Waals surface area contributed by atoms with Crippen molar-refractivity contribution in [1.82, 2.24) is 4.98 Å². The Morgan fingerprint density at radius 1 is 1.15 bits per heavy atom. The topological polar surface area (TPSA) is 30.5 Å². The van der Waals surface area contributed by atoms with Crippen LogP contribution in [0.15, 0.2) is 0 Å². The molecule has 4 heteroatoms. The third kappa shape index (κ3) is 5.41. The SMILES string of the molecule is CCO[Si](C)(NC(C)CC)OCC. The zero-order valence-corrected chi connectivity index (χ0v) is 10.5. The van der Waals surface area contributed by atoms with Crippen LogP contribution in [0.3, 0.4) is 0 Å². The van der Waals surface area contributed by atoms with E-state index < -0.39 is 8.72 Å². The summed E-state index contributed by atoms with van der Waals surface area (Å²) in [5.41, 5.74) is 0. The monoisotopic (exact) mass is 205 g/mol. The van der Waals surface area contributed by atoms with Crippen LogP contribution in [0.2, 0.25) is 6.55 Å². The Labute approximate surface area is 83.1 Å². The second-order valence-electron chi connectivity index (χ2n) is 3.27. The number of rotatable bonds is 7. The van der Waals surface area contributed by atoms with E-state index in [-0.39, 0.29) is 0 Å². The summed E-state index contributed by atoms with van der Waals surface area (Å²) in [5, 5.41) is 0. The molecule has 0 bridgehead atoms. The summed E-state index contributed by atoms with van der Waals surface area (Å²) in [4.78, 5) is 3.44. The van der Waals surface area contributed by atoms with Gasteiger partial charge in [-0.1, -0.05) is 13.8 Å². The van der Waals surface area contributed by atoms with Gasteiger partial charge in [-0.25, -0.2) is 0 Å². The highest BCUT2D eigenvalue weighted by Gasteiger charge is 2.32. The lowest BCUT2D eigenvalue weighted by Crippen LogP contribution is -2.56. The number of hydrogen-bond acceptors (Lipinski definition) is 3. The van der Waals surface area contributed by atoms with E-state index in [9.17, 15) is 0 Å². The van der Waals surface area contributed by atoms with Crippen LogP contribution in [0.25, 0.3) is 0 Å². The second-order valence-corrected chi connectivity index (χ2v) is 6.02. The van der Waals surface area contributed by atoms with Gasteiger partial charge in [0.15, 0.2) is 0 Å². The van der Waals surface area contributed by atoms with Gasteiger partial charge >= 0.3 is 8.72 Å². The van der Waals surface area contributed by atoms with Crippen molar-refractivity contribution >= 4 is 8.72 Å². The molecule has 0 aromatic heterocycles. The maximum atomic E-state index is 5.65. The Morgan fingerprint density at radius 3 is 1.92 bits per heavy atom.